The summed E-state index contributed by atoms with van der Waals surface area (Å²) >= 11 is 0. The number of halogens is 1. The standard InChI is InChI=1S/C22H24FN3O/c1-16-24-11-20(27-16)12-25-22-15-26(13-17-6-3-2-4-7-17)14-21(22)18-8-5-9-19(23)10-18/h2-11,21-22,25H,12-15H2,1H3/t21-,22+/m0/s1. The highest BCUT2D eigenvalue weighted by atomic mass is 19.1. The highest BCUT2D eigenvalue weighted by molar-refractivity contribution is 5.25. The van der Waals surface area contributed by atoms with Gasteiger partial charge in [0.05, 0.1) is 12.7 Å². The Hall–Kier alpha value is -2.50. The molecule has 1 fully saturated rings. The monoisotopic (exact) mass is 365 g/mol. The molecule has 27 heavy (non-hydrogen) atoms. The molecule has 140 valence electrons. The molecule has 2 heterocycles. The molecule has 2 atom stereocenters. The van der Waals surface area contributed by atoms with Crippen molar-refractivity contribution in [3.05, 3.63) is 89.4 Å². The van der Waals surface area contributed by atoms with E-state index in [-0.39, 0.29) is 17.8 Å². The van der Waals surface area contributed by atoms with Crippen molar-refractivity contribution in [2.24, 2.45) is 0 Å². The molecule has 4 rings (SSSR count). The number of likely N-dealkylation sites (tertiary alicyclic amines) is 1. The lowest BCUT2D eigenvalue weighted by Crippen LogP contribution is -2.35. The Morgan fingerprint density at radius 1 is 1.15 bits per heavy atom. The minimum Gasteiger partial charge on any atom is -0.445 e. The maximum absolute atomic E-state index is 13.8. The van der Waals surface area contributed by atoms with Crippen molar-refractivity contribution in [3.63, 3.8) is 0 Å². The SMILES string of the molecule is Cc1ncc(CN[C@@H]2CN(Cc3ccccc3)C[C@H]2c2cccc(F)c2)o1. The van der Waals surface area contributed by atoms with Crippen LogP contribution in [0.1, 0.15) is 28.7 Å². The van der Waals surface area contributed by atoms with Crippen molar-refractivity contribution < 1.29 is 8.81 Å². The van der Waals surface area contributed by atoms with Crippen LogP contribution in [0.3, 0.4) is 0 Å². The molecule has 5 heteroatoms. The molecular weight excluding hydrogens is 341 g/mol. The molecule has 0 spiro atoms. The van der Waals surface area contributed by atoms with Gasteiger partial charge in [0.25, 0.3) is 0 Å². The zero-order chi connectivity index (χ0) is 18.6. The summed E-state index contributed by atoms with van der Waals surface area (Å²) in [7, 11) is 0. The number of nitrogens with zero attached hydrogens (tertiary/aromatic N) is 2. The first-order valence-electron chi connectivity index (χ1n) is 9.34. The first-order chi connectivity index (χ1) is 13.2. The molecule has 0 aliphatic carbocycles. The van der Waals surface area contributed by atoms with Crippen molar-refractivity contribution in [2.75, 3.05) is 13.1 Å². The predicted octanol–water partition coefficient (Wildman–Crippen LogP) is 3.88. The van der Waals surface area contributed by atoms with Gasteiger partial charge in [0, 0.05) is 38.5 Å². The van der Waals surface area contributed by atoms with Crippen LogP contribution >= 0.6 is 0 Å². The Kier molecular flexibility index (Phi) is 5.32. The predicted molar refractivity (Wildman–Crippen MR) is 103 cm³/mol. The third-order valence-corrected chi connectivity index (χ3v) is 5.13. The average molecular weight is 365 g/mol. The molecule has 0 saturated carbocycles. The van der Waals surface area contributed by atoms with Crippen LogP contribution in [-0.4, -0.2) is 29.0 Å². The molecule has 0 amide bonds. The first kappa shape index (κ1) is 17.9. The minimum absolute atomic E-state index is 0.182. The van der Waals surface area contributed by atoms with Crippen LogP contribution in [0.2, 0.25) is 0 Å². The molecule has 0 radical (unpaired) electrons. The second kappa shape index (κ2) is 8.03. The normalized spacial score (nSPS) is 20.2. The zero-order valence-corrected chi connectivity index (χ0v) is 15.4. The number of rotatable bonds is 6. The van der Waals surface area contributed by atoms with E-state index >= 15 is 0 Å². The lowest BCUT2D eigenvalue weighted by molar-refractivity contribution is 0.317. The van der Waals surface area contributed by atoms with Crippen LogP contribution in [0.4, 0.5) is 4.39 Å². The summed E-state index contributed by atoms with van der Waals surface area (Å²) in [4.78, 5) is 6.58. The summed E-state index contributed by atoms with van der Waals surface area (Å²) in [6.07, 6.45) is 1.76. The Morgan fingerprint density at radius 3 is 2.74 bits per heavy atom. The van der Waals surface area contributed by atoms with Crippen molar-refractivity contribution in [1.29, 1.82) is 0 Å². The Balaban J connectivity index is 1.49. The van der Waals surface area contributed by atoms with E-state index in [4.69, 9.17) is 4.42 Å². The average Bonchev–Trinajstić information content (AvgIpc) is 3.27. The van der Waals surface area contributed by atoms with E-state index in [1.54, 1.807) is 18.3 Å². The van der Waals surface area contributed by atoms with Crippen LogP contribution in [0.25, 0.3) is 0 Å². The minimum atomic E-state index is -0.182. The van der Waals surface area contributed by atoms with E-state index in [2.05, 4.69) is 39.5 Å². The molecule has 1 aromatic heterocycles. The fourth-order valence-corrected chi connectivity index (χ4v) is 3.86. The summed E-state index contributed by atoms with van der Waals surface area (Å²) in [6, 6.07) is 17.7. The maximum Gasteiger partial charge on any atom is 0.191 e. The first-order valence-corrected chi connectivity index (χ1v) is 9.34. The third-order valence-electron chi connectivity index (χ3n) is 5.13. The molecule has 1 saturated heterocycles. The van der Waals surface area contributed by atoms with Crippen molar-refractivity contribution in [3.8, 4) is 0 Å². The molecule has 4 nitrogen and oxygen atoms in total. The number of hydrogen-bond donors (Lipinski definition) is 1. The van der Waals surface area contributed by atoms with Gasteiger partial charge in [-0.15, -0.1) is 0 Å². The molecule has 1 aliphatic rings. The summed E-state index contributed by atoms with van der Waals surface area (Å²) in [5.41, 5.74) is 2.33. The van der Waals surface area contributed by atoms with Crippen LogP contribution in [0.15, 0.2) is 65.2 Å². The Labute approximate surface area is 159 Å². The van der Waals surface area contributed by atoms with Crippen molar-refractivity contribution in [2.45, 2.75) is 32.0 Å². The van der Waals surface area contributed by atoms with Gasteiger partial charge in [-0.2, -0.15) is 0 Å². The lowest BCUT2D eigenvalue weighted by Gasteiger charge is -2.19. The fraction of sp³-hybridized carbons (Fsp3) is 0.318. The Morgan fingerprint density at radius 2 is 2.00 bits per heavy atom. The molecule has 0 unspecified atom stereocenters. The molecule has 1 N–H and O–H groups in total. The topological polar surface area (TPSA) is 41.3 Å². The number of benzene rings is 2. The number of hydrogen-bond acceptors (Lipinski definition) is 4. The van der Waals surface area contributed by atoms with Crippen LogP contribution in [-0.2, 0) is 13.1 Å². The van der Waals surface area contributed by atoms with Gasteiger partial charge in [-0.1, -0.05) is 42.5 Å². The third kappa shape index (κ3) is 4.43. The fourth-order valence-electron chi connectivity index (χ4n) is 3.86. The Bertz CT molecular complexity index is 880. The summed E-state index contributed by atoms with van der Waals surface area (Å²) in [5.74, 6) is 1.55. The smallest absolute Gasteiger partial charge is 0.191 e. The van der Waals surface area contributed by atoms with Gasteiger partial charge >= 0.3 is 0 Å². The second-order valence-corrected chi connectivity index (χ2v) is 7.17. The van der Waals surface area contributed by atoms with Gasteiger partial charge in [0.15, 0.2) is 5.89 Å². The van der Waals surface area contributed by atoms with Crippen LogP contribution in [0, 0.1) is 12.7 Å². The van der Waals surface area contributed by atoms with Gasteiger partial charge in [0.1, 0.15) is 11.6 Å². The van der Waals surface area contributed by atoms with E-state index in [0.717, 1.165) is 31.0 Å². The van der Waals surface area contributed by atoms with Gasteiger partial charge in [-0.25, -0.2) is 9.37 Å². The van der Waals surface area contributed by atoms with E-state index < -0.39 is 0 Å². The van der Waals surface area contributed by atoms with Crippen LogP contribution < -0.4 is 5.32 Å². The van der Waals surface area contributed by atoms with Gasteiger partial charge < -0.3 is 9.73 Å². The largest absolute Gasteiger partial charge is 0.445 e. The second-order valence-electron chi connectivity index (χ2n) is 7.17. The van der Waals surface area contributed by atoms with E-state index in [1.165, 1.54) is 11.6 Å². The number of oxazole rings is 1. The number of nitrogens with one attached hydrogen (secondary N) is 1. The van der Waals surface area contributed by atoms with Crippen molar-refractivity contribution >= 4 is 0 Å². The summed E-state index contributed by atoms with van der Waals surface area (Å²) < 4.78 is 19.4. The quantitative estimate of drug-likeness (QED) is 0.720. The zero-order valence-electron chi connectivity index (χ0n) is 15.4. The van der Waals surface area contributed by atoms with Gasteiger partial charge in [-0.3, -0.25) is 4.90 Å². The maximum atomic E-state index is 13.8. The molecule has 2 aromatic carbocycles. The van der Waals surface area contributed by atoms with E-state index in [9.17, 15) is 4.39 Å². The molecule has 3 aromatic rings. The highest BCUT2D eigenvalue weighted by Crippen LogP contribution is 2.29. The molecule has 1 aliphatic heterocycles. The summed E-state index contributed by atoms with van der Waals surface area (Å²) in [6.45, 7) is 5.16. The van der Waals surface area contributed by atoms with Gasteiger partial charge in [0.2, 0.25) is 0 Å². The van der Waals surface area contributed by atoms with Crippen LogP contribution in [0.5, 0.6) is 0 Å². The van der Waals surface area contributed by atoms with Gasteiger partial charge in [-0.05, 0) is 23.3 Å². The summed E-state index contributed by atoms with van der Waals surface area (Å²) in [5, 5.41) is 3.60. The van der Waals surface area contributed by atoms with Crippen molar-refractivity contribution in [1.82, 2.24) is 15.2 Å². The molecule has 0 bridgehead atoms. The van der Waals surface area contributed by atoms with E-state index in [1.807, 2.05) is 19.1 Å². The molecular formula is C22H24FN3O. The number of aromatic nitrogens is 1. The highest BCUT2D eigenvalue weighted by Gasteiger charge is 2.33. The van der Waals surface area contributed by atoms with E-state index in [0.29, 0.717) is 12.4 Å². The number of aryl methyl sites for hydroxylation is 1. The lowest BCUT2D eigenvalue weighted by atomic mass is 9.94.